The van der Waals surface area contributed by atoms with E-state index in [4.69, 9.17) is 5.11 Å². The van der Waals surface area contributed by atoms with Gasteiger partial charge in [0.05, 0.1) is 5.76 Å². The van der Waals surface area contributed by atoms with Crippen LogP contribution < -0.4 is 0 Å². The molecule has 1 heterocycles. The number of benzene rings is 2. The summed E-state index contributed by atoms with van der Waals surface area (Å²) in [7, 11) is 0. The van der Waals surface area contributed by atoms with E-state index in [1.54, 1.807) is 0 Å². The van der Waals surface area contributed by atoms with E-state index in [-0.39, 0.29) is 37.1 Å². The Morgan fingerprint density at radius 1 is 1.09 bits per heavy atom. The Labute approximate surface area is 206 Å². The molecule has 3 rings (SSSR count). The molecule has 4 heteroatoms. The maximum absolute atomic E-state index is 10.0. The second-order valence-electron chi connectivity index (χ2n) is 8.51. The second kappa shape index (κ2) is 12.1. The van der Waals surface area contributed by atoms with Crippen molar-refractivity contribution in [2.24, 2.45) is 0 Å². The largest absolute Gasteiger partial charge is 0.512 e. The van der Waals surface area contributed by atoms with Crippen LogP contribution in [-0.4, -0.2) is 15.9 Å². The second-order valence-corrected chi connectivity index (χ2v) is 8.51. The van der Waals surface area contributed by atoms with Gasteiger partial charge in [0.25, 0.3) is 0 Å². The van der Waals surface area contributed by atoms with Gasteiger partial charge in [0.1, 0.15) is 0 Å². The number of aryl methyl sites for hydroxylation is 2. The van der Waals surface area contributed by atoms with Crippen LogP contribution in [0.4, 0.5) is 0 Å². The third-order valence-corrected chi connectivity index (χ3v) is 5.84. The number of hydrogen-bond donors (Lipinski definition) is 1. The van der Waals surface area contributed by atoms with E-state index in [1.165, 1.54) is 41.8 Å². The number of carbonyl (C=O) groups is 1. The molecule has 0 saturated carbocycles. The fraction of sp³-hybridized carbons (Fsp3) is 0.357. The number of rotatable bonds is 5. The van der Waals surface area contributed by atoms with Crippen LogP contribution in [-0.2, 0) is 30.3 Å². The molecule has 3 nitrogen and oxygen atoms in total. The molecule has 1 aromatic heterocycles. The van der Waals surface area contributed by atoms with E-state index in [0.29, 0.717) is 0 Å². The zero-order valence-corrected chi connectivity index (χ0v) is 22.6. The van der Waals surface area contributed by atoms with E-state index in [9.17, 15) is 4.79 Å². The van der Waals surface area contributed by atoms with Crippen LogP contribution >= 0.6 is 0 Å². The van der Waals surface area contributed by atoms with Crippen molar-refractivity contribution in [3.63, 3.8) is 0 Å². The van der Waals surface area contributed by atoms with Gasteiger partial charge in [-0.2, -0.15) is 0 Å². The first kappa shape index (κ1) is 27.7. The number of ketones is 1. The molecule has 2 aromatic carbocycles. The van der Waals surface area contributed by atoms with Crippen LogP contribution in [0, 0.1) is 19.9 Å². The molecule has 0 atom stereocenters. The van der Waals surface area contributed by atoms with Gasteiger partial charge in [0.15, 0.2) is 5.78 Å². The van der Waals surface area contributed by atoms with Crippen molar-refractivity contribution in [2.45, 2.75) is 66.7 Å². The predicted molar refractivity (Wildman–Crippen MR) is 130 cm³/mol. The number of allylic oxidation sites excluding steroid dienone is 2. The van der Waals surface area contributed by atoms with Gasteiger partial charge >= 0.3 is 0 Å². The number of pyridine rings is 1. The molecule has 1 N–H and O–H groups in total. The predicted octanol–water partition coefficient (Wildman–Crippen LogP) is 7.43. The maximum atomic E-state index is 10.0. The molecule has 0 aliphatic rings. The molecule has 0 aliphatic carbocycles. The standard InChI is InChI=1S/C23H26N.C5H8O2.Ir/c1-6-23(5,7-2)20-8-9-21-18(15-20)10-11-24-22(21)19-13-16(3)12-17(4)14-19;1-4(6)3-5(2)7;/h8-13,15H,6-7H2,1-5H3;3,6H,1-2H3;/q-1;;/b;4-3-;. The summed E-state index contributed by atoms with van der Waals surface area (Å²) in [6, 6.07) is 16.8. The molecular formula is C28H34IrNO2-. The van der Waals surface area contributed by atoms with Gasteiger partial charge in [-0.05, 0) is 60.2 Å². The summed E-state index contributed by atoms with van der Waals surface area (Å²) in [4.78, 5) is 14.7. The average molecular weight is 609 g/mol. The monoisotopic (exact) mass is 609 g/mol. The summed E-state index contributed by atoms with van der Waals surface area (Å²) in [6.07, 6.45) is 5.39. The topological polar surface area (TPSA) is 50.2 Å². The van der Waals surface area contributed by atoms with E-state index < -0.39 is 0 Å². The Morgan fingerprint density at radius 3 is 2.25 bits per heavy atom. The van der Waals surface area contributed by atoms with Crippen LogP contribution in [0.25, 0.3) is 22.0 Å². The summed E-state index contributed by atoms with van der Waals surface area (Å²) in [6.45, 7) is 14.0. The van der Waals surface area contributed by atoms with Crippen molar-refractivity contribution < 1.29 is 30.0 Å². The number of aliphatic hydroxyl groups is 1. The molecule has 0 bridgehead atoms. The van der Waals surface area contributed by atoms with Crippen molar-refractivity contribution >= 4 is 16.6 Å². The Balaban J connectivity index is 0.000000558. The van der Waals surface area contributed by atoms with Crippen molar-refractivity contribution in [1.82, 2.24) is 4.98 Å². The van der Waals surface area contributed by atoms with Gasteiger partial charge in [-0.25, -0.2) is 0 Å². The zero-order chi connectivity index (χ0) is 23.2. The van der Waals surface area contributed by atoms with Crippen LogP contribution in [0.15, 0.2) is 54.4 Å². The minimum Gasteiger partial charge on any atom is -0.512 e. The summed E-state index contributed by atoms with van der Waals surface area (Å²) in [5.74, 6) is -0.0625. The molecule has 173 valence electrons. The quantitative estimate of drug-likeness (QED) is 0.186. The van der Waals surface area contributed by atoms with Crippen molar-refractivity contribution in [3.05, 3.63) is 77.2 Å². The average Bonchev–Trinajstić information content (AvgIpc) is 2.71. The molecule has 0 fully saturated rings. The van der Waals surface area contributed by atoms with Gasteiger partial charge in [0, 0.05) is 32.4 Å². The number of fused-ring (bicyclic) bond motifs is 1. The number of carbonyl (C=O) groups excluding carboxylic acids is 1. The Kier molecular flexibility index (Phi) is 10.5. The molecular weight excluding hydrogens is 575 g/mol. The van der Waals surface area contributed by atoms with Crippen LogP contribution in [0.3, 0.4) is 0 Å². The van der Waals surface area contributed by atoms with Gasteiger partial charge in [-0.1, -0.05) is 52.8 Å². The van der Waals surface area contributed by atoms with Crippen molar-refractivity contribution in [3.8, 4) is 11.3 Å². The smallest absolute Gasteiger partial charge is 0.155 e. The molecule has 0 spiro atoms. The normalized spacial score (nSPS) is 11.4. The van der Waals surface area contributed by atoms with E-state index in [1.807, 2.05) is 6.20 Å². The molecule has 3 aromatic rings. The van der Waals surface area contributed by atoms with Crippen molar-refractivity contribution in [2.75, 3.05) is 0 Å². The first-order valence-corrected chi connectivity index (χ1v) is 10.9. The van der Waals surface area contributed by atoms with Crippen LogP contribution in [0.2, 0.25) is 0 Å². The minimum absolute atomic E-state index is 0. The van der Waals surface area contributed by atoms with E-state index in [0.717, 1.165) is 29.7 Å². The summed E-state index contributed by atoms with van der Waals surface area (Å²) in [5.41, 5.74) is 6.18. The third kappa shape index (κ3) is 7.12. The SMILES string of the molecule is CC(=O)/C=C(/C)O.CCC(C)(CC)c1ccc2c(-c3[c-]c(C)cc(C)c3)nccc2c1.[Ir]. The number of hydrogen-bond acceptors (Lipinski definition) is 3. The Hall–Kier alpha value is -2.29. The van der Waals surface area contributed by atoms with Gasteiger partial charge in [-0.15, -0.1) is 34.9 Å². The number of aromatic nitrogens is 1. The summed E-state index contributed by atoms with van der Waals surface area (Å²) < 4.78 is 0. The Bertz CT molecular complexity index is 1070. The fourth-order valence-corrected chi connectivity index (χ4v) is 3.74. The first-order chi connectivity index (χ1) is 14.6. The fourth-order valence-electron chi connectivity index (χ4n) is 3.74. The van der Waals surface area contributed by atoms with E-state index in [2.05, 4.69) is 82.1 Å². The van der Waals surface area contributed by atoms with Gasteiger partial charge < -0.3 is 10.1 Å². The molecule has 0 amide bonds. The van der Waals surface area contributed by atoms with Gasteiger partial charge in [0.2, 0.25) is 0 Å². The molecule has 0 aliphatic heterocycles. The summed E-state index contributed by atoms with van der Waals surface area (Å²) in [5, 5.41) is 10.8. The molecule has 0 saturated heterocycles. The molecule has 32 heavy (non-hydrogen) atoms. The van der Waals surface area contributed by atoms with Crippen LogP contribution in [0.1, 0.15) is 64.2 Å². The van der Waals surface area contributed by atoms with Crippen molar-refractivity contribution in [1.29, 1.82) is 0 Å². The molecule has 0 unspecified atom stereocenters. The minimum atomic E-state index is -0.125. The number of aliphatic hydroxyl groups excluding tert-OH is 1. The zero-order valence-electron chi connectivity index (χ0n) is 20.2. The van der Waals surface area contributed by atoms with Crippen LogP contribution in [0.5, 0.6) is 0 Å². The maximum Gasteiger partial charge on any atom is 0.155 e. The van der Waals surface area contributed by atoms with Gasteiger partial charge in [-0.3, -0.25) is 4.79 Å². The summed E-state index contributed by atoms with van der Waals surface area (Å²) >= 11 is 0. The van der Waals surface area contributed by atoms with E-state index >= 15 is 0 Å². The first-order valence-electron chi connectivity index (χ1n) is 10.9. The third-order valence-electron chi connectivity index (χ3n) is 5.84. The number of nitrogens with zero attached hydrogens (tertiary/aromatic N) is 1. The molecule has 1 radical (unpaired) electrons. The Morgan fingerprint density at radius 2 is 1.75 bits per heavy atom.